The molecule has 2 unspecified atom stereocenters. The van der Waals surface area contributed by atoms with E-state index in [4.69, 9.17) is 18.0 Å². The van der Waals surface area contributed by atoms with Crippen LogP contribution in [0.5, 0.6) is 0 Å². The SMILES string of the molecule is CCCCC(C)(CCC)C(=O)OCC(O)CNCCC[Si](OC)(OC)OC. The molecule has 0 saturated carbocycles. The van der Waals surface area contributed by atoms with Crippen LogP contribution in [0.25, 0.3) is 0 Å². The molecule has 0 bridgehead atoms. The van der Waals surface area contributed by atoms with Gasteiger partial charge in [0.25, 0.3) is 0 Å². The van der Waals surface area contributed by atoms with Crippen molar-refractivity contribution < 1.29 is 27.9 Å². The smallest absolute Gasteiger partial charge is 0.462 e. The molecule has 0 amide bonds. The van der Waals surface area contributed by atoms with Crippen LogP contribution < -0.4 is 5.32 Å². The molecule has 0 fully saturated rings. The van der Waals surface area contributed by atoms with Gasteiger partial charge in [-0.15, -0.1) is 0 Å². The van der Waals surface area contributed by atoms with Crippen LogP contribution in [0.1, 0.15) is 59.3 Å². The van der Waals surface area contributed by atoms with Crippen LogP contribution in [0.2, 0.25) is 6.04 Å². The first-order valence-electron chi connectivity index (χ1n) is 10.0. The van der Waals surface area contributed by atoms with Crippen molar-refractivity contribution >= 4 is 14.8 Å². The van der Waals surface area contributed by atoms with Gasteiger partial charge in [0, 0.05) is 33.9 Å². The molecule has 0 aromatic carbocycles. The number of esters is 1. The Hall–Kier alpha value is -0.513. The molecule has 0 aliphatic carbocycles. The van der Waals surface area contributed by atoms with Crippen LogP contribution in [0.4, 0.5) is 0 Å². The van der Waals surface area contributed by atoms with Gasteiger partial charge in [-0.3, -0.25) is 4.79 Å². The molecule has 0 saturated heterocycles. The van der Waals surface area contributed by atoms with E-state index in [0.717, 1.165) is 38.5 Å². The second kappa shape index (κ2) is 14.5. The van der Waals surface area contributed by atoms with Crippen LogP contribution in [-0.4, -0.2) is 67.0 Å². The average Bonchev–Trinajstić information content (AvgIpc) is 2.68. The van der Waals surface area contributed by atoms with Crippen molar-refractivity contribution in [2.24, 2.45) is 5.41 Å². The van der Waals surface area contributed by atoms with Gasteiger partial charge >= 0.3 is 14.8 Å². The van der Waals surface area contributed by atoms with Gasteiger partial charge in [0.15, 0.2) is 0 Å². The van der Waals surface area contributed by atoms with E-state index in [2.05, 4.69) is 19.2 Å². The summed E-state index contributed by atoms with van der Waals surface area (Å²) < 4.78 is 21.5. The number of carbonyl (C=O) groups excluding carboxylic acids is 1. The largest absolute Gasteiger partial charge is 0.500 e. The first-order valence-corrected chi connectivity index (χ1v) is 12.0. The van der Waals surface area contributed by atoms with Gasteiger partial charge in [-0.1, -0.05) is 33.1 Å². The normalized spacial score (nSPS) is 15.4. The summed E-state index contributed by atoms with van der Waals surface area (Å²) in [5.41, 5.74) is -0.452. The number of carbonyl (C=O) groups is 1. The average molecular weight is 408 g/mol. The molecule has 2 atom stereocenters. The van der Waals surface area contributed by atoms with Gasteiger partial charge in [0.1, 0.15) is 12.7 Å². The molecule has 0 aromatic rings. The Bertz CT molecular complexity index is 386. The minimum atomic E-state index is -2.54. The van der Waals surface area contributed by atoms with E-state index in [1.807, 2.05) is 6.92 Å². The van der Waals surface area contributed by atoms with E-state index in [9.17, 15) is 9.90 Å². The zero-order chi connectivity index (χ0) is 20.8. The fourth-order valence-corrected chi connectivity index (χ4v) is 4.83. The van der Waals surface area contributed by atoms with Gasteiger partial charge in [-0.05, 0) is 32.7 Å². The lowest BCUT2D eigenvalue weighted by molar-refractivity contribution is -0.159. The first kappa shape index (κ1) is 26.5. The van der Waals surface area contributed by atoms with E-state index in [0.29, 0.717) is 19.1 Å². The van der Waals surface area contributed by atoms with Gasteiger partial charge < -0.3 is 28.4 Å². The summed E-state index contributed by atoms with van der Waals surface area (Å²) in [5.74, 6) is -0.201. The molecular formula is C19H41NO6Si. The van der Waals surface area contributed by atoms with Gasteiger partial charge in [-0.25, -0.2) is 0 Å². The van der Waals surface area contributed by atoms with Crippen LogP contribution >= 0.6 is 0 Å². The van der Waals surface area contributed by atoms with E-state index in [-0.39, 0.29) is 12.6 Å². The predicted molar refractivity (Wildman–Crippen MR) is 109 cm³/mol. The maximum atomic E-state index is 12.5. The fraction of sp³-hybridized carbons (Fsp3) is 0.947. The Morgan fingerprint density at radius 2 is 1.70 bits per heavy atom. The topological polar surface area (TPSA) is 86.3 Å². The number of unbranched alkanes of at least 4 members (excludes halogenated alkanes) is 1. The van der Waals surface area contributed by atoms with Crippen molar-refractivity contribution in [2.75, 3.05) is 41.0 Å². The molecule has 0 aliphatic heterocycles. The molecule has 27 heavy (non-hydrogen) atoms. The number of nitrogens with one attached hydrogen (secondary N) is 1. The molecule has 0 spiro atoms. The molecule has 0 radical (unpaired) electrons. The number of aliphatic hydroxyl groups is 1. The zero-order valence-corrected chi connectivity index (χ0v) is 19.1. The van der Waals surface area contributed by atoms with Crippen LogP contribution in [0.3, 0.4) is 0 Å². The van der Waals surface area contributed by atoms with Gasteiger partial charge in [-0.2, -0.15) is 0 Å². The van der Waals surface area contributed by atoms with Gasteiger partial charge in [0.2, 0.25) is 0 Å². The lowest BCUT2D eigenvalue weighted by atomic mass is 9.81. The lowest BCUT2D eigenvalue weighted by Crippen LogP contribution is -2.43. The van der Waals surface area contributed by atoms with Crippen LogP contribution in [-0.2, 0) is 22.8 Å². The number of rotatable bonds is 17. The van der Waals surface area contributed by atoms with Crippen LogP contribution in [0.15, 0.2) is 0 Å². The summed E-state index contributed by atoms with van der Waals surface area (Å²) >= 11 is 0. The number of ether oxygens (including phenoxy) is 1. The quantitative estimate of drug-likeness (QED) is 0.218. The van der Waals surface area contributed by atoms with Crippen molar-refractivity contribution in [3.63, 3.8) is 0 Å². The molecular weight excluding hydrogens is 366 g/mol. The second-order valence-electron chi connectivity index (χ2n) is 7.27. The second-order valence-corrected chi connectivity index (χ2v) is 10.4. The van der Waals surface area contributed by atoms with Crippen molar-refractivity contribution in [1.29, 1.82) is 0 Å². The van der Waals surface area contributed by atoms with Crippen molar-refractivity contribution in [3.8, 4) is 0 Å². The Labute approximate surface area is 166 Å². The first-order chi connectivity index (χ1) is 12.8. The molecule has 162 valence electrons. The van der Waals surface area contributed by atoms with Crippen LogP contribution in [0, 0.1) is 5.41 Å². The summed E-state index contributed by atoms with van der Waals surface area (Å²) in [6.07, 6.45) is 4.72. The summed E-state index contributed by atoms with van der Waals surface area (Å²) in [4.78, 5) is 12.5. The maximum Gasteiger partial charge on any atom is 0.500 e. The van der Waals surface area contributed by atoms with Crippen molar-refractivity contribution in [1.82, 2.24) is 5.32 Å². The van der Waals surface area contributed by atoms with E-state index in [1.54, 1.807) is 21.3 Å². The monoisotopic (exact) mass is 407 g/mol. The highest BCUT2D eigenvalue weighted by molar-refractivity contribution is 6.60. The predicted octanol–water partition coefficient (Wildman–Crippen LogP) is 2.74. The Balaban J connectivity index is 4.14. The standard InChI is InChI=1S/C19H41NO6Si/c1-7-9-12-19(3,11-8-2)18(22)26-16-17(21)15-20-13-10-14-27(23-4,24-5)25-6/h17,20-21H,7-16H2,1-6H3. The summed E-state index contributed by atoms with van der Waals surface area (Å²) in [7, 11) is 2.25. The third-order valence-corrected chi connectivity index (χ3v) is 7.76. The highest BCUT2D eigenvalue weighted by atomic mass is 28.4. The minimum Gasteiger partial charge on any atom is -0.462 e. The molecule has 0 rings (SSSR count). The molecule has 8 heteroatoms. The minimum absolute atomic E-state index is 0.0180. The molecule has 2 N–H and O–H groups in total. The van der Waals surface area contributed by atoms with E-state index < -0.39 is 20.3 Å². The Kier molecular flexibility index (Phi) is 14.2. The van der Waals surface area contributed by atoms with E-state index >= 15 is 0 Å². The zero-order valence-electron chi connectivity index (χ0n) is 18.1. The molecule has 0 heterocycles. The lowest BCUT2D eigenvalue weighted by Gasteiger charge is -2.27. The van der Waals surface area contributed by atoms with E-state index in [1.165, 1.54) is 0 Å². The number of hydrogen-bond donors (Lipinski definition) is 2. The van der Waals surface area contributed by atoms with Gasteiger partial charge in [0.05, 0.1) is 5.41 Å². The fourth-order valence-electron chi connectivity index (χ4n) is 3.11. The maximum absolute atomic E-state index is 12.5. The highest BCUT2D eigenvalue weighted by Crippen LogP contribution is 2.31. The van der Waals surface area contributed by atoms with Crippen molar-refractivity contribution in [3.05, 3.63) is 0 Å². The summed E-state index contributed by atoms with van der Waals surface area (Å²) in [5, 5.41) is 13.2. The number of hydrogen-bond acceptors (Lipinski definition) is 7. The number of aliphatic hydroxyl groups excluding tert-OH is 1. The highest BCUT2D eigenvalue weighted by Gasteiger charge is 2.37. The molecule has 0 aliphatic rings. The Morgan fingerprint density at radius 3 is 2.22 bits per heavy atom. The summed E-state index contributed by atoms with van der Waals surface area (Å²) in [6, 6.07) is 0.696. The third kappa shape index (κ3) is 10.0. The molecule has 0 aromatic heterocycles. The molecule has 7 nitrogen and oxygen atoms in total. The third-order valence-electron chi connectivity index (χ3n) is 4.93. The summed E-state index contributed by atoms with van der Waals surface area (Å²) in [6.45, 7) is 7.24. The Morgan fingerprint density at radius 1 is 1.07 bits per heavy atom. The van der Waals surface area contributed by atoms with Crippen molar-refractivity contribution in [2.45, 2.75) is 71.4 Å².